The van der Waals surface area contributed by atoms with Crippen molar-refractivity contribution in [3.05, 3.63) is 0 Å². The summed E-state index contributed by atoms with van der Waals surface area (Å²) in [5.74, 6) is 0.975. The van der Waals surface area contributed by atoms with E-state index in [9.17, 15) is 5.11 Å². The Labute approximate surface area is 131 Å². The molecule has 0 bridgehead atoms. The van der Waals surface area contributed by atoms with E-state index >= 15 is 0 Å². The van der Waals surface area contributed by atoms with E-state index in [1.807, 2.05) is 23.0 Å². The lowest BCUT2D eigenvalue weighted by atomic mass is 9.86. The van der Waals surface area contributed by atoms with E-state index in [2.05, 4.69) is 4.90 Å². The summed E-state index contributed by atoms with van der Waals surface area (Å²) in [7, 11) is 0. The molecule has 2 aliphatic rings. The summed E-state index contributed by atoms with van der Waals surface area (Å²) in [4.78, 5) is 2.45. The van der Waals surface area contributed by atoms with Gasteiger partial charge in [0.25, 0.3) is 0 Å². The summed E-state index contributed by atoms with van der Waals surface area (Å²) in [5, 5.41) is 9.83. The van der Waals surface area contributed by atoms with E-state index in [1.165, 1.54) is 44.9 Å². The number of hydrogen-bond donors (Lipinski definition) is 1. The van der Waals surface area contributed by atoms with Crippen LogP contribution in [0, 0.1) is 5.92 Å². The minimum atomic E-state index is -0.125. The Balaban J connectivity index is 1.69. The molecule has 0 aromatic carbocycles. The molecule has 0 spiro atoms. The van der Waals surface area contributed by atoms with Gasteiger partial charge in [-0.1, -0.05) is 32.1 Å². The summed E-state index contributed by atoms with van der Waals surface area (Å²) in [6, 6.07) is 0.520. The molecule has 0 amide bonds. The third-order valence-electron chi connectivity index (χ3n) is 4.83. The van der Waals surface area contributed by atoms with Crippen LogP contribution in [-0.4, -0.2) is 41.8 Å². The van der Waals surface area contributed by atoms with E-state index in [4.69, 9.17) is 3.07 Å². The zero-order chi connectivity index (χ0) is 13.5. The maximum atomic E-state index is 9.83. The number of β-amino-alcohol motifs (C(OH)–C–C–N with tert-alkyl or cyclic N) is 1. The van der Waals surface area contributed by atoms with Crippen LogP contribution in [0.15, 0.2) is 0 Å². The van der Waals surface area contributed by atoms with Crippen LogP contribution in [0.5, 0.6) is 0 Å². The first-order valence-electron chi connectivity index (χ1n) is 7.95. The molecule has 1 aliphatic carbocycles. The summed E-state index contributed by atoms with van der Waals surface area (Å²) < 4.78 is 5.29. The molecule has 1 saturated heterocycles. The Morgan fingerprint density at radius 2 is 1.89 bits per heavy atom. The van der Waals surface area contributed by atoms with Crippen molar-refractivity contribution in [2.75, 3.05) is 19.7 Å². The molecule has 1 N–H and O–H groups in total. The van der Waals surface area contributed by atoms with Gasteiger partial charge in [0.2, 0.25) is 0 Å². The minimum Gasteiger partial charge on any atom is -0.392 e. The molecule has 4 heteroatoms. The summed E-state index contributed by atoms with van der Waals surface area (Å²) in [6.45, 7) is 2.78. The Kier molecular flexibility index (Phi) is 7.40. The molecule has 0 unspecified atom stereocenters. The smallest absolute Gasteiger partial charge is 0.109 e. The highest BCUT2D eigenvalue weighted by Gasteiger charge is 2.27. The largest absolute Gasteiger partial charge is 0.392 e. The predicted molar refractivity (Wildman–Crippen MR) is 86.4 cm³/mol. The molecule has 19 heavy (non-hydrogen) atoms. The number of halogens is 1. The van der Waals surface area contributed by atoms with Gasteiger partial charge in [0.1, 0.15) is 23.0 Å². The normalized spacial score (nSPS) is 30.6. The van der Waals surface area contributed by atoms with Gasteiger partial charge in [-0.3, -0.25) is 4.90 Å². The lowest BCUT2D eigenvalue weighted by molar-refractivity contribution is 0.0221. The fourth-order valence-corrected chi connectivity index (χ4v) is 4.09. The maximum absolute atomic E-state index is 9.83. The Morgan fingerprint density at radius 3 is 2.63 bits per heavy atom. The number of likely N-dealkylation sites (tertiary alicyclic amines) is 1. The first-order chi connectivity index (χ1) is 9.29. The van der Waals surface area contributed by atoms with Crippen molar-refractivity contribution in [3.63, 3.8) is 0 Å². The van der Waals surface area contributed by atoms with Crippen LogP contribution in [0.2, 0.25) is 0 Å². The highest BCUT2D eigenvalue weighted by molar-refractivity contribution is 14.1. The average molecular weight is 381 g/mol. The average Bonchev–Trinajstić information content (AvgIpc) is 2.43. The first-order valence-corrected chi connectivity index (χ1v) is 8.83. The molecule has 2 rings (SSSR count). The quantitative estimate of drug-likeness (QED) is 0.715. The molecule has 1 aliphatic heterocycles. The monoisotopic (exact) mass is 381 g/mol. The predicted octanol–water partition coefficient (Wildman–Crippen LogP) is 3.54. The molecule has 3 nitrogen and oxygen atoms in total. The summed E-state index contributed by atoms with van der Waals surface area (Å²) in [6.07, 6.45) is 11.8. The van der Waals surface area contributed by atoms with E-state index in [-0.39, 0.29) is 6.10 Å². The molecule has 1 heterocycles. The molecule has 2 fully saturated rings. The number of aliphatic hydroxyl groups excluding tert-OH is 1. The molecule has 0 aromatic heterocycles. The Morgan fingerprint density at radius 1 is 1.11 bits per heavy atom. The standard InChI is InChI=1S/C15H28INO2/c16-19-12-14-8-9-15(18)11-17(14)10-4-7-13-5-2-1-3-6-13/h13-15,18H,1-12H2/t14-,15-/m1/s1. The van der Waals surface area contributed by atoms with Crippen molar-refractivity contribution in [3.8, 4) is 0 Å². The van der Waals surface area contributed by atoms with Crippen LogP contribution in [-0.2, 0) is 3.07 Å². The van der Waals surface area contributed by atoms with Gasteiger partial charge in [0.05, 0.1) is 12.7 Å². The van der Waals surface area contributed by atoms with Crippen LogP contribution in [0.4, 0.5) is 0 Å². The van der Waals surface area contributed by atoms with Crippen LogP contribution in [0.25, 0.3) is 0 Å². The zero-order valence-corrected chi connectivity index (χ0v) is 14.1. The second-order valence-corrected chi connectivity index (χ2v) is 6.92. The first kappa shape index (κ1) is 16.0. The summed E-state index contributed by atoms with van der Waals surface area (Å²) >= 11 is 1.99. The number of aliphatic hydroxyl groups is 1. The lowest BCUT2D eigenvalue weighted by Gasteiger charge is -2.37. The van der Waals surface area contributed by atoms with Gasteiger partial charge in [-0.2, -0.15) is 0 Å². The van der Waals surface area contributed by atoms with Crippen LogP contribution >= 0.6 is 23.0 Å². The third kappa shape index (κ3) is 5.48. The highest BCUT2D eigenvalue weighted by atomic mass is 127. The Hall–Kier alpha value is 0.610. The number of hydrogen-bond acceptors (Lipinski definition) is 3. The molecular weight excluding hydrogens is 353 g/mol. The summed E-state index contributed by atoms with van der Waals surface area (Å²) in [5.41, 5.74) is 0. The van der Waals surface area contributed by atoms with Crippen molar-refractivity contribution in [1.82, 2.24) is 4.90 Å². The van der Waals surface area contributed by atoms with Crippen molar-refractivity contribution in [2.45, 2.75) is 69.9 Å². The molecule has 1 saturated carbocycles. The van der Waals surface area contributed by atoms with Gasteiger partial charge >= 0.3 is 0 Å². The van der Waals surface area contributed by atoms with Crippen molar-refractivity contribution < 1.29 is 8.17 Å². The maximum Gasteiger partial charge on any atom is 0.109 e. The van der Waals surface area contributed by atoms with E-state index in [1.54, 1.807) is 0 Å². The van der Waals surface area contributed by atoms with Gasteiger partial charge in [0, 0.05) is 12.6 Å². The molecule has 0 aromatic rings. The Bertz CT molecular complexity index is 246. The molecule has 2 atom stereocenters. The van der Waals surface area contributed by atoms with Gasteiger partial charge in [-0.15, -0.1) is 0 Å². The van der Waals surface area contributed by atoms with E-state index < -0.39 is 0 Å². The van der Waals surface area contributed by atoms with Gasteiger partial charge < -0.3 is 8.17 Å². The van der Waals surface area contributed by atoms with E-state index in [0.29, 0.717) is 6.04 Å². The molecule has 0 radical (unpaired) electrons. The van der Waals surface area contributed by atoms with Gasteiger partial charge in [-0.05, 0) is 38.1 Å². The fraction of sp³-hybridized carbons (Fsp3) is 1.00. The number of nitrogens with zero attached hydrogens (tertiary/aromatic N) is 1. The lowest BCUT2D eigenvalue weighted by Crippen LogP contribution is -2.47. The molecule has 112 valence electrons. The minimum absolute atomic E-state index is 0.125. The van der Waals surface area contributed by atoms with Crippen molar-refractivity contribution in [1.29, 1.82) is 0 Å². The highest BCUT2D eigenvalue weighted by Crippen LogP contribution is 2.28. The number of rotatable bonds is 6. The fourth-order valence-electron chi connectivity index (χ4n) is 3.67. The third-order valence-corrected chi connectivity index (χ3v) is 5.19. The van der Waals surface area contributed by atoms with Gasteiger partial charge in [0.15, 0.2) is 0 Å². The van der Waals surface area contributed by atoms with Crippen molar-refractivity contribution in [2.24, 2.45) is 5.92 Å². The topological polar surface area (TPSA) is 32.7 Å². The SMILES string of the molecule is O[C@@H]1CC[C@H](COI)N(CCCC2CCCCC2)C1. The van der Waals surface area contributed by atoms with Crippen LogP contribution < -0.4 is 0 Å². The van der Waals surface area contributed by atoms with Crippen LogP contribution in [0.3, 0.4) is 0 Å². The second-order valence-electron chi connectivity index (χ2n) is 6.30. The van der Waals surface area contributed by atoms with Crippen LogP contribution in [0.1, 0.15) is 57.8 Å². The number of piperidine rings is 1. The zero-order valence-electron chi connectivity index (χ0n) is 11.9. The molecular formula is C15H28INO2. The second kappa shape index (κ2) is 8.80. The van der Waals surface area contributed by atoms with Gasteiger partial charge in [-0.25, -0.2) is 0 Å². The van der Waals surface area contributed by atoms with E-state index in [0.717, 1.165) is 38.5 Å². The van der Waals surface area contributed by atoms with Crippen molar-refractivity contribution >= 4 is 23.0 Å².